The van der Waals surface area contributed by atoms with E-state index in [2.05, 4.69) is 70.3 Å². The van der Waals surface area contributed by atoms with Crippen LogP contribution in [0.2, 0.25) is 0 Å². The van der Waals surface area contributed by atoms with Gasteiger partial charge in [-0.2, -0.15) is 0 Å². The smallest absolute Gasteiger partial charge is 0.101 e. The van der Waals surface area contributed by atoms with E-state index in [0.29, 0.717) is 5.25 Å². The average Bonchev–Trinajstić information content (AvgIpc) is 2.44. The van der Waals surface area contributed by atoms with E-state index in [4.69, 9.17) is 4.98 Å². The zero-order chi connectivity index (χ0) is 15.5. The number of aromatic nitrogens is 1. The van der Waals surface area contributed by atoms with Crippen LogP contribution in [0.15, 0.2) is 35.4 Å². The fourth-order valence-electron chi connectivity index (χ4n) is 2.01. The number of nitrogens with zero attached hydrogens (tertiary/aromatic N) is 1. The molecule has 0 aliphatic heterocycles. The molecule has 1 aromatic heterocycles. The minimum Gasteiger partial charge on any atom is -0.308 e. The molecular weight excluding hydrogens is 276 g/mol. The van der Waals surface area contributed by atoms with Gasteiger partial charge in [0, 0.05) is 22.7 Å². The molecule has 0 amide bonds. The van der Waals surface area contributed by atoms with E-state index in [1.54, 1.807) is 0 Å². The molecule has 0 fully saturated rings. The van der Waals surface area contributed by atoms with Crippen LogP contribution in [0, 0.1) is 0 Å². The Bertz CT molecular complexity index is 602. The second kappa shape index (κ2) is 6.80. The molecule has 0 aliphatic rings. The van der Waals surface area contributed by atoms with Gasteiger partial charge in [0.1, 0.15) is 5.03 Å². The van der Waals surface area contributed by atoms with Crippen LogP contribution >= 0.6 is 11.8 Å². The first-order valence-corrected chi connectivity index (χ1v) is 8.57. The molecule has 0 radical (unpaired) electrons. The quantitative estimate of drug-likeness (QED) is 0.786. The first-order valence-electron chi connectivity index (χ1n) is 7.69. The predicted octanol–water partition coefficient (Wildman–Crippen LogP) is 5.01. The van der Waals surface area contributed by atoms with Crippen LogP contribution in [0.25, 0.3) is 10.9 Å². The number of nitrogens with one attached hydrogen (secondary N) is 1. The minimum atomic E-state index is 0.115. The normalized spacial score (nSPS) is 13.6. The lowest BCUT2D eigenvalue weighted by Crippen LogP contribution is -2.35. The lowest BCUT2D eigenvalue weighted by molar-refractivity contribution is 0.422. The van der Waals surface area contributed by atoms with Crippen LogP contribution in [-0.4, -0.2) is 15.8 Å². The molecule has 1 aromatic carbocycles. The third-order valence-corrected chi connectivity index (χ3v) is 4.77. The highest BCUT2D eigenvalue weighted by molar-refractivity contribution is 7.99. The molecule has 1 unspecified atom stereocenters. The lowest BCUT2D eigenvalue weighted by Gasteiger charge is -2.22. The Balaban J connectivity index is 2.36. The van der Waals surface area contributed by atoms with Crippen molar-refractivity contribution in [2.45, 2.75) is 63.4 Å². The Morgan fingerprint density at radius 2 is 1.95 bits per heavy atom. The van der Waals surface area contributed by atoms with E-state index in [9.17, 15) is 0 Å². The molecule has 3 heteroatoms. The molecule has 2 nitrogen and oxygen atoms in total. The zero-order valence-electron chi connectivity index (χ0n) is 13.7. The van der Waals surface area contributed by atoms with Crippen molar-refractivity contribution in [1.82, 2.24) is 10.3 Å². The number of rotatable bonds is 5. The number of thioether (sulfide) groups is 1. The molecule has 0 spiro atoms. The first kappa shape index (κ1) is 16.3. The Labute approximate surface area is 132 Å². The zero-order valence-corrected chi connectivity index (χ0v) is 14.6. The van der Waals surface area contributed by atoms with Crippen LogP contribution in [0.1, 0.15) is 46.6 Å². The summed E-state index contributed by atoms with van der Waals surface area (Å²) in [6, 6.07) is 10.6. The van der Waals surface area contributed by atoms with Gasteiger partial charge in [-0.15, -0.1) is 11.8 Å². The Hall–Kier alpha value is -1.06. The molecule has 0 saturated carbocycles. The molecule has 114 valence electrons. The number of pyridine rings is 1. The molecule has 0 saturated heterocycles. The number of para-hydroxylation sites is 1. The van der Waals surface area contributed by atoms with Gasteiger partial charge < -0.3 is 5.32 Å². The highest BCUT2D eigenvalue weighted by atomic mass is 32.2. The van der Waals surface area contributed by atoms with Crippen molar-refractivity contribution in [2.75, 3.05) is 0 Å². The molecule has 1 atom stereocenters. The van der Waals surface area contributed by atoms with Crippen LogP contribution in [0.5, 0.6) is 0 Å². The Morgan fingerprint density at radius 3 is 2.62 bits per heavy atom. The number of hydrogen-bond donors (Lipinski definition) is 1. The van der Waals surface area contributed by atoms with Crippen LogP contribution < -0.4 is 5.32 Å². The summed E-state index contributed by atoms with van der Waals surface area (Å²) in [7, 11) is 0. The van der Waals surface area contributed by atoms with Gasteiger partial charge in [0.15, 0.2) is 0 Å². The van der Waals surface area contributed by atoms with Crippen molar-refractivity contribution in [3.63, 3.8) is 0 Å². The van der Waals surface area contributed by atoms with Crippen LogP contribution in [0.3, 0.4) is 0 Å². The third kappa shape index (κ3) is 4.72. The summed E-state index contributed by atoms with van der Waals surface area (Å²) in [5, 5.41) is 6.56. The second-order valence-corrected chi connectivity index (χ2v) is 8.01. The molecule has 2 rings (SSSR count). The van der Waals surface area contributed by atoms with Crippen molar-refractivity contribution >= 4 is 22.7 Å². The fraction of sp³-hybridized carbons (Fsp3) is 0.500. The maximum absolute atomic E-state index is 4.89. The summed E-state index contributed by atoms with van der Waals surface area (Å²) in [5.74, 6) is 0. The number of fused-ring (bicyclic) bond motifs is 1. The van der Waals surface area contributed by atoms with E-state index in [1.807, 2.05) is 11.8 Å². The average molecular weight is 302 g/mol. The van der Waals surface area contributed by atoms with E-state index < -0.39 is 0 Å². The van der Waals surface area contributed by atoms with Crippen molar-refractivity contribution in [3.8, 4) is 0 Å². The van der Waals surface area contributed by atoms with Gasteiger partial charge in [0.2, 0.25) is 0 Å². The standard InChI is InChI=1S/C18H26N2S/c1-6-13(2)21-17-15(12-19-18(3,4)5)11-14-9-7-8-10-16(14)20-17/h7-11,13,19H,6,12H2,1-5H3. The van der Waals surface area contributed by atoms with Crippen molar-refractivity contribution in [1.29, 1.82) is 0 Å². The maximum Gasteiger partial charge on any atom is 0.101 e. The highest BCUT2D eigenvalue weighted by Gasteiger charge is 2.14. The summed E-state index contributed by atoms with van der Waals surface area (Å²) >= 11 is 1.88. The first-order chi connectivity index (χ1) is 9.89. The van der Waals surface area contributed by atoms with Gasteiger partial charge >= 0.3 is 0 Å². The summed E-state index contributed by atoms with van der Waals surface area (Å²) in [4.78, 5) is 4.89. The van der Waals surface area contributed by atoms with E-state index >= 15 is 0 Å². The Morgan fingerprint density at radius 1 is 1.24 bits per heavy atom. The minimum absolute atomic E-state index is 0.115. The maximum atomic E-state index is 4.89. The van der Waals surface area contributed by atoms with Gasteiger partial charge in [0.25, 0.3) is 0 Å². The van der Waals surface area contributed by atoms with Gasteiger partial charge in [-0.05, 0) is 44.9 Å². The number of hydrogen-bond acceptors (Lipinski definition) is 3. The van der Waals surface area contributed by atoms with Crippen molar-refractivity contribution in [2.24, 2.45) is 0 Å². The van der Waals surface area contributed by atoms with Crippen molar-refractivity contribution in [3.05, 3.63) is 35.9 Å². The van der Waals surface area contributed by atoms with Gasteiger partial charge in [-0.3, -0.25) is 0 Å². The molecule has 21 heavy (non-hydrogen) atoms. The van der Waals surface area contributed by atoms with E-state index in [1.165, 1.54) is 16.0 Å². The molecular formula is C18H26N2S. The second-order valence-electron chi connectivity index (χ2n) is 6.59. The Kier molecular flexibility index (Phi) is 5.28. The van der Waals surface area contributed by atoms with Crippen molar-refractivity contribution < 1.29 is 0 Å². The molecule has 1 heterocycles. The number of benzene rings is 1. The third-order valence-electron chi connectivity index (χ3n) is 3.46. The topological polar surface area (TPSA) is 24.9 Å². The summed E-state index contributed by atoms with van der Waals surface area (Å²) in [5.41, 5.74) is 2.50. The summed E-state index contributed by atoms with van der Waals surface area (Å²) in [6.07, 6.45) is 1.16. The van der Waals surface area contributed by atoms with Crippen LogP contribution in [-0.2, 0) is 6.54 Å². The summed E-state index contributed by atoms with van der Waals surface area (Å²) in [6.45, 7) is 11.9. The predicted molar refractivity (Wildman–Crippen MR) is 93.9 cm³/mol. The lowest BCUT2D eigenvalue weighted by atomic mass is 10.1. The highest BCUT2D eigenvalue weighted by Crippen LogP contribution is 2.29. The van der Waals surface area contributed by atoms with Gasteiger partial charge in [-0.1, -0.05) is 32.0 Å². The van der Waals surface area contributed by atoms with Crippen LogP contribution in [0.4, 0.5) is 0 Å². The molecule has 2 aromatic rings. The SMILES string of the molecule is CCC(C)Sc1nc2ccccc2cc1CNC(C)(C)C. The largest absolute Gasteiger partial charge is 0.308 e. The monoisotopic (exact) mass is 302 g/mol. The van der Waals surface area contributed by atoms with Gasteiger partial charge in [0.05, 0.1) is 5.52 Å². The molecule has 0 aliphatic carbocycles. The summed E-state index contributed by atoms with van der Waals surface area (Å²) < 4.78 is 0. The van der Waals surface area contributed by atoms with E-state index in [0.717, 1.165) is 18.5 Å². The molecule has 1 N–H and O–H groups in total. The fourth-order valence-corrected chi connectivity index (χ4v) is 2.99. The van der Waals surface area contributed by atoms with E-state index in [-0.39, 0.29) is 5.54 Å². The molecule has 0 bridgehead atoms. The van der Waals surface area contributed by atoms with Gasteiger partial charge in [-0.25, -0.2) is 4.98 Å².